The normalized spacial score (nSPS) is 12.3. The van der Waals surface area contributed by atoms with E-state index in [2.05, 4.69) is 15.5 Å². The summed E-state index contributed by atoms with van der Waals surface area (Å²) >= 11 is 0. The molecule has 0 fully saturated rings. The second-order valence-electron chi connectivity index (χ2n) is 5.24. The zero-order chi connectivity index (χ0) is 15.5. The van der Waals surface area contributed by atoms with Gasteiger partial charge in [0.15, 0.2) is 0 Å². The van der Waals surface area contributed by atoms with Crippen LogP contribution >= 0.6 is 0 Å². The molecule has 1 heterocycles. The van der Waals surface area contributed by atoms with Crippen LogP contribution in [0.3, 0.4) is 0 Å². The van der Waals surface area contributed by atoms with Gasteiger partial charge in [-0.05, 0) is 23.3 Å². The molecule has 3 aromatic rings. The molecule has 0 bridgehead atoms. The van der Waals surface area contributed by atoms with Crippen molar-refractivity contribution in [2.75, 3.05) is 5.32 Å². The molecular weight excluding hydrogens is 278 g/mol. The molecule has 1 amide bonds. The summed E-state index contributed by atoms with van der Waals surface area (Å²) in [5.74, 6) is 0.294. The Morgan fingerprint density at radius 1 is 1.27 bits per heavy atom. The average molecular weight is 295 g/mol. The minimum atomic E-state index is -0.688. The zero-order valence-electron chi connectivity index (χ0n) is 12.2. The minimum Gasteiger partial charge on any atom is -0.389 e. The second-order valence-corrected chi connectivity index (χ2v) is 5.24. The Morgan fingerprint density at radius 2 is 2.05 bits per heavy atom. The first kappa shape index (κ1) is 14.3. The molecule has 0 aliphatic heterocycles. The summed E-state index contributed by atoms with van der Waals surface area (Å²) in [5, 5.41) is 21.1. The lowest BCUT2D eigenvalue weighted by Gasteiger charge is -2.09. The number of H-pyrrole nitrogens is 1. The molecule has 2 aromatic carbocycles. The lowest BCUT2D eigenvalue weighted by molar-refractivity contribution is -0.115. The first-order chi connectivity index (χ1) is 10.6. The quantitative estimate of drug-likeness (QED) is 0.692. The molecule has 0 aliphatic carbocycles. The van der Waals surface area contributed by atoms with Crippen molar-refractivity contribution in [1.29, 1.82) is 0 Å². The average Bonchev–Trinajstić information content (AvgIpc) is 2.96. The number of hydrogen-bond acceptors (Lipinski definition) is 3. The van der Waals surface area contributed by atoms with Crippen LogP contribution in [-0.2, 0) is 11.2 Å². The van der Waals surface area contributed by atoms with Gasteiger partial charge in [0.05, 0.1) is 18.7 Å². The predicted molar refractivity (Wildman–Crippen MR) is 85.5 cm³/mol. The SMILES string of the molecule is CC(O)c1cn[nH]c1NC(=O)Cc1cccc2ccccc12. The number of aromatic amines is 1. The molecule has 1 atom stereocenters. The van der Waals surface area contributed by atoms with E-state index in [0.717, 1.165) is 16.3 Å². The molecule has 5 nitrogen and oxygen atoms in total. The lowest BCUT2D eigenvalue weighted by atomic mass is 10.0. The lowest BCUT2D eigenvalue weighted by Crippen LogP contribution is -2.16. The van der Waals surface area contributed by atoms with Gasteiger partial charge in [0.1, 0.15) is 5.82 Å². The summed E-state index contributed by atoms with van der Waals surface area (Å²) in [7, 11) is 0. The number of fused-ring (bicyclic) bond motifs is 1. The monoisotopic (exact) mass is 295 g/mol. The van der Waals surface area contributed by atoms with Crippen molar-refractivity contribution in [2.45, 2.75) is 19.4 Å². The van der Waals surface area contributed by atoms with Crippen LogP contribution in [0.15, 0.2) is 48.7 Å². The molecule has 0 aliphatic rings. The summed E-state index contributed by atoms with van der Waals surface area (Å²) in [6, 6.07) is 13.9. The van der Waals surface area contributed by atoms with Crippen LogP contribution in [0.25, 0.3) is 10.8 Å². The number of amides is 1. The van der Waals surface area contributed by atoms with Crippen molar-refractivity contribution < 1.29 is 9.90 Å². The highest BCUT2D eigenvalue weighted by Gasteiger charge is 2.13. The summed E-state index contributed by atoms with van der Waals surface area (Å²) in [5.41, 5.74) is 1.54. The van der Waals surface area contributed by atoms with Crippen LogP contribution in [0.2, 0.25) is 0 Å². The van der Waals surface area contributed by atoms with Crippen LogP contribution in [-0.4, -0.2) is 21.2 Å². The molecule has 0 saturated carbocycles. The van der Waals surface area contributed by atoms with Crippen molar-refractivity contribution in [3.63, 3.8) is 0 Å². The standard InChI is InChI=1S/C17H17N3O2/c1-11(21)15-10-18-20-17(15)19-16(22)9-13-7-4-6-12-5-2-3-8-14(12)13/h2-8,10-11,21H,9H2,1H3,(H2,18,19,20,22). The largest absolute Gasteiger partial charge is 0.389 e. The first-order valence-corrected chi connectivity index (χ1v) is 7.13. The summed E-state index contributed by atoms with van der Waals surface area (Å²) in [6.45, 7) is 1.63. The highest BCUT2D eigenvalue weighted by Crippen LogP contribution is 2.21. The van der Waals surface area contributed by atoms with Crippen LogP contribution in [0, 0.1) is 0 Å². The molecule has 0 saturated heterocycles. The van der Waals surface area contributed by atoms with Crippen LogP contribution in [0.5, 0.6) is 0 Å². The van der Waals surface area contributed by atoms with Crippen molar-refractivity contribution >= 4 is 22.5 Å². The van der Waals surface area contributed by atoms with Gasteiger partial charge in [0.25, 0.3) is 0 Å². The minimum absolute atomic E-state index is 0.150. The van der Waals surface area contributed by atoms with Gasteiger partial charge in [-0.1, -0.05) is 42.5 Å². The number of benzene rings is 2. The van der Waals surface area contributed by atoms with E-state index in [0.29, 0.717) is 11.4 Å². The summed E-state index contributed by atoms with van der Waals surface area (Å²) in [6.07, 6.45) is 1.09. The third kappa shape index (κ3) is 2.84. The van der Waals surface area contributed by atoms with Gasteiger partial charge in [0.2, 0.25) is 5.91 Å². The van der Waals surface area contributed by atoms with E-state index in [9.17, 15) is 9.90 Å². The second kappa shape index (κ2) is 5.99. The number of hydrogen-bond donors (Lipinski definition) is 3. The number of nitrogens with one attached hydrogen (secondary N) is 2. The van der Waals surface area contributed by atoms with Crippen LogP contribution in [0.4, 0.5) is 5.82 Å². The molecule has 3 rings (SSSR count). The maximum atomic E-state index is 12.3. The molecule has 112 valence electrons. The number of nitrogens with zero attached hydrogens (tertiary/aromatic N) is 1. The van der Waals surface area contributed by atoms with Crippen LogP contribution < -0.4 is 5.32 Å². The molecule has 1 unspecified atom stereocenters. The number of aliphatic hydroxyl groups excluding tert-OH is 1. The van der Waals surface area contributed by atoms with E-state index in [1.807, 2.05) is 42.5 Å². The Bertz CT molecular complexity index is 803. The van der Waals surface area contributed by atoms with E-state index in [1.165, 1.54) is 6.20 Å². The van der Waals surface area contributed by atoms with Gasteiger partial charge in [-0.3, -0.25) is 9.89 Å². The predicted octanol–water partition coefficient (Wildman–Crippen LogP) is 2.80. The van der Waals surface area contributed by atoms with Gasteiger partial charge in [-0.25, -0.2) is 0 Å². The molecule has 5 heteroatoms. The Kier molecular flexibility index (Phi) is 3.89. The molecular formula is C17H17N3O2. The smallest absolute Gasteiger partial charge is 0.229 e. The Morgan fingerprint density at radius 3 is 2.86 bits per heavy atom. The number of carbonyl (C=O) groups is 1. The van der Waals surface area contributed by atoms with Crippen molar-refractivity contribution in [3.8, 4) is 0 Å². The number of anilines is 1. The third-order valence-electron chi connectivity index (χ3n) is 3.61. The van der Waals surface area contributed by atoms with Gasteiger partial charge < -0.3 is 10.4 Å². The van der Waals surface area contributed by atoms with E-state index in [1.54, 1.807) is 6.92 Å². The number of aliphatic hydroxyl groups is 1. The van der Waals surface area contributed by atoms with Gasteiger partial charge in [0, 0.05) is 5.56 Å². The van der Waals surface area contributed by atoms with Gasteiger partial charge in [-0.2, -0.15) is 5.10 Å². The third-order valence-corrected chi connectivity index (χ3v) is 3.61. The Balaban J connectivity index is 1.80. The fourth-order valence-electron chi connectivity index (χ4n) is 2.52. The highest BCUT2D eigenvalue weighted by molar-refractivity contribution is 5.96. The molecule has 1 aromatic heterocycles. The van der Waals surface area contributed by atoms with E-state index >= 15 is 0 Å². The first-order valence-electron chi connectivity index (χ1n) is 7.13. The Labute approximate surface area is 128 Å². The zero-order valence-corrected chi connectivity index (χ0v) is 12.2. The molecule has 0 radical (unpaired) electrons. The fraction of sp³-hybridized carbons (Fsp3) is 0.176. The number of carbonyl (C=O) groups excluding carboxylic acids is 1. The summed E-state index contributed by atoms with van der Waals surface area (Å²) < 4.78 is 0. The molecule has 0 spiro atoms. The number of aromatic nitrogens is 2. The van der Waals surface area contributed by atoms with E-state index < -0.39 is 6.10 Å². The topological polar surface area (TPSA) is 78.0 Å². The molecule has 3 N–H and O–H groups in total. The Hall–Kier alpha value is -2.66. The van der Waals surface area contributed by atoms with Gasteiger partial charge >= 0.3 is 0 Å². The van der Waals surface area contributed by atoms with E-state index in [-0.39, 0.29) is 12.3 Å². The maximum Gasteiger partial charge on any atom is 0.229 e. The van der Waals surface area contributed by atoms with Gasteiger partial charge in [-0.15, -0.1) is 0 Å². The number of rotatable bonds is 4. The van der Waals surface area contributed by atoms with Crippen molar-refractivity contribution in [2.24, 2.45) is 0 Å². The maximum absolute atomic E-state index is 12.3. The van der Waals surface area contributed by atoms with Crippen LogP contribution in [0.1, 0.15) is 24.2 Å². The van der Waals surface area contributed by atoms with E-state index in [4.69, 9.17) is 0 Å². The molecule has 22 heavy (non-hydrogen) atoms. The fourth-order valence-corrected chi connectivity index (χ4v) is 2.52. The van der Waals surface area contributed by atoms with Crippen molar-refractivity contribution in [3.05, 3.63) is 59.8 Å². The van der Waals surface area contributed by atoms with Crippen molar-refractivity contribution in [1.82, 2.24) is 10.2 Å². The summed E-state index contributed by atoms with van der Waals surface area (Å²) in [4.78, 5) is 12.3. The highest BCUT2D eigenvalue weighted by atomic mass is 16.3.